The number of amides is 1. The van der Waals surface area contributed by atoms with Crippen LogP contribution in [0.25, 0.3) is 0 Å². The number of nitrogens with zero attached hydrogens (tertiary/aromatic N) is 1. The fourth-order valence-corrected chi connectivity index (χ4v) is 2.04. The molecule has 0 aromatic rings. The van der Waals surface area contributed by atoms with Gasteiger partial charge in [-0.3, -0.25) is 4.79 Å². The molecule has 1 fully saturated rings. The van der Waals surface area contributed by atoms with E-state index < -0.39 is 0 Å². The predicted octanol–water partition coefficient (Wildman–Crippen LogP) is 2.43. The van der Waals surface area contributed by atoms with Crippen molar-refractivity contribution in [2.45, 2.75) is 47.0 Å². The topological polar surface area (TPSA) is 46.3 Å². The van der Waals surface area contributed by atoms with Crippen molar-refractivity contribution < 1.29 is 4.79 Å². The zero-order valence-electron chi connectivity index (χ0n) is 11.6. The molecule has 1 unspecified atom stereocenters. The van der Waals surface area contributed by atoms with Gasteiger partial charge in [0.15, 0.2) is 0 Å². The van der Waals surface area contributed by atoms with Gasteiger partial charge in [-0.25, -0.2) is 0 Å². The molecule has 0 radical (unpaired) electrons. The van der Waals surface area contributed by atoms with Crippen molar-refractivity contribution in [3.05, 3.63) is 0 Å². The zero-order chi connectivity index (χ0) is 12.4. The normalized spacial score (nSPS) is 24.6. The molecule has 102 valence electrons. The average Bonchev–Trinajstić information content (AvgIpc) is 2.57. The summed E-state index contributed by atoms with van der Waals surface area (Å²) in [5.41, 5.74) is 6.13. The Morgan fingerprint density at radius 1 is 1.41 bits per heavy atom. The van der Waals surface area contributed by atoms with Gasteiger partial charge in [-0.1, -0.05) is 27.7 Å². The minimum atomic E-state index is 0. The summed E-state index contributed by atoms with van der Waals surface area (Å²) in [5, 5.41) is 0. The zero-order valence-corrected chi connectivity index (χ0v) is 12.4. The van der Waals surface area contributed by atoms with Crippen LogP contribution in [0, 0.1) is 10.8 Å². The number of likely N-dealkylation sites (tertiary alicyclic amines) is 1. The van der Waals surface area contributed by atoms with E-state index in [2.05, 4.69) is 27.7 Å². The molecule has 2 N–H and O–H groups in total. The average molecular weight is 263 g/mol. The number of carbonyl (C=O) groups is 1. The van der Waals surface area contributed by atoms with Gasteiger partial charge in [0, 0.05) is 19.5 Å². The van der Waals surface area contributed by atoms with Crippen molar-refractivity contribution in [2.24, 2.45) is 16.6 Å². The summed E-state index contributed by atoms with van der Waals surface area (Å²) in [5.74, 6) is 0.298. The SMILES string of the molecule is CC(C)(C)CCC(=O)N1CCC(C)(CN)C1.Cl. The molecule has 1 aliphatic heterocycles. The third-order valence-corrected chi connectivity index (χ3v) is 3.49. The number of halogens is 1. The van der Waals surface area contributed by atoms with Gasteiger partial charge in [-0.15, -0.1) is 12.4 Å². The van der Waals surface area contributed by atoms with E-state index in [9.17, 15) is 4.79 Å². The van der Waals surface area contributed by atoms with Crippen LogP contribution in [0.3, 0.4) is 0 Å². The molecular weight excluding hydrogens is 236 g/mol. The van der Waals surface area contributed by atoms with Gasteiger partial charge in [0.2, 0.25) is 5.91 Å². The molecule has 3 nitrogen and oxygen atoms in total. The molecule has 0 saturated carbocycles. The second-order valence-electron chi connectivity index (χ2n) is 6.64. The Hall–Kier alpha value is -0.280. The molecule has 17 heavy (non-hydrogen) atoms. The Balaban J connectivity index is 0.00000256. The van der Waals surface area contributed by atoms with Crippen LogP contribution in [0.1, 0.15) is 47.0 Å². The number of rotatable bonds is 3. The highest BCUT2D eigenvalue weighted by atomic mass is 35.5. The molecule has 1 saturated heterocycles. The maximum Gasteiger partial charge on any atom is 0.222 e. The van der Waals surface area contributed by atoms with E-state index in [1.165, 1.54) is 0 Å². The Kier molecular flexibility index (Phi) is 5.95. The molecular formula is C13H27ClN2O. The molecule has 0 bridgehead atoms. The molecule has 1 atom stereocenters. The molecule has 1 aliphatic rings. The van der Waals surface area contributed by atoms with Gasteiger partial charge in [0.1, 0.15) is 0 Å². The smallest absolute Gasteiger partial charge is 0.222 e. The molecule has 4 heteroatoms. The largest absolute Gasteiger partial charge is 0.342 e. The van der Waals surface area contributed by atoms with Crippen LogP contribution in [-0.4, -0.2) is 30.4 Å². The molecule has 0 spiro atoms. The number of hydrogen-bond acceptors (Lipinski definition) is 2. The minimum Gasteiger partial charge on any atom is -0.342 e. The van der Waals surface area contributed by atoms with E-state index in [4.69, 9.17) is 5.73 Å². The van der Waals surface area contributed by atoms with Crippen LogP contribution < -0.4 is 5.73 Å². The first-order valence-electron chi connectivity index (χ1n) is 6.24. The highest BCUT2D eigenvalue weighted by Gasteiger charge is 2.34. The summed E-state index contributed by atoms with van der Waals surface area (Å²) in [6, 6.07) is 0. The third kappa shape index (κ3) is 5.26. The quantitative estimate of drug-likeness (QED) is 0.849. The first kappa shape index (κ1) is 16.7. The van der Waals surface area contributed by atoms with Crippen molar-refractivity contribution in [2.75, 3.05) is 19.6 Å². The van der Waals surface area contributed by atoms with Crippen LogP contribution >= 0.6 is 12.4 Å². The second-order valence-corrected chi connectivity index (χ2v) is 6.64. The van der Waals surface area contributed by atoms with Crippen LogP contribution in [0.5, 0.6) is 0 Å². The standard InChI is InChI=1S/C13H26N2O.ClH/c1-12(2,3)6-5-11(16)15-8-7-13(4,9-14)10-15;/h5-10,14H2,1-4H3;1H. The summed E-state index contributed by atoms with van der Waals surface area (Å²) in [7, 11) is 0. The monoisotopic (exact) mass is 262 g/mol. The van der Waals surface area contributed by atoms with Gasteiger partial charge in [0.05, 0.1) is 0 Å². The molecule has 1 heterocycles. The predicted molar refractivity (Wildman–Crippen MR) is 74.3 cm³/mol. The van der Waals surface area contributed by atoms with E-state index >= 15 is 0 Å². The Morgan fingerprint density at radius 2 is 2.00 bits per heavy atom. The van der Waals surface area contributed by atoms with Gasteiger partial charge in [0.25, 0.3) is 0 Å². The first-order chi connectivity index (χ1) is 7.26. The van der Waals surface area contributed by atoms with E-state index in [1.54, 1.807) is 0 Å². The van der Waals surface area contributed by atoms with Crippen molar-refractivity contribution >= 4 is 18.3 Å². The van der Waals surface area contributed by atoms with Gasteiger partial charge < -0.3 is 10.6 Å². The lowest BCUT2D eigenvalue weighted by Gasteiger charge is -2.24. The summed E-state index contributed by atoms with van der Waals surface area (Å²) in [6.07, 6.45) is 2.68. The summed E-state index contributed by atoms with van der Waals surface area (Å²) in [4.78, 5) is 14.0. The van der Waals surface area contributed by atoms with Crippen LogP contribution in [0.2, 0.25) is 0 Å². The summed E-state index contributed by atoms with van der Waals surface area (Å²) < 4.78 is 0. The van der Waals surface area contributed by atoms with Crippen molar-refractivity contribution in [1.29, 1.82) is 0 Å². The molecule has 1 amide bonds. The summed E-state index contributed by atoms with van der Waals surface area (Å²) >= 11 is 0. The molecule has 0 aliphatic carbocycles. The molecule has 1 rings (SSSR count). The Bertz CT molecular complexity index is 263. The molecule has 0 aromatic carbocycles. The third-order valence-electron chi connectivity index (χ3n) is 3.49. The Labute approximate surface area is 112 Å². The lowest BCUT2D eigenvalue weighted by molar-refractivity contribution is -0.131. The van der Waals surface area contributed by atoms with Gasteiger partial charge >= 0.3 is 0 Å². The minimum absolute atomic E-state index is 0. The first-order valence-corrected chi connectivity index (χ1v) is 6.24. The van der Waals surface area contributed by atoms with Gasteiger partial charge in [-0.2, -0.15) is 0 Å². The molecule has 0 aromatic heterocycles. The van der Waals surface area contributed by atoms with Crippen molar-refractivity contribution in [3.63, 3.8) is 0 Å². The lowest BCUT2D eigenvalue weighted by Crippen LogP contribution is -2.34. The Morgan fingerprint density at radius 3 is 2.41 bits per heavy atom. The second kappa shape index (κ2) is 6.05. The summed E-state index contributed by atoms with van der Waals surface area (Å²) in [6.45, 7) is 11.1. The van der Waals surface area contributed by atoms with E-state index in [-0.39, 0.29) is 23.2 Å². The highest BCUT2D eigenvalue weighted by molar-refractivity contribution is 5.85. The van der Waals surface area contributed by atoms with Crippen LogP contribution in [0.4, 0.5) is 0 Å². The van der Waals surface area contributed by atoms with Crippen molar-refractivity contribution in [3.8, 4) is 0 Å². The number of carbonyl (C=O) groups excluding carboxylic acids is 1. The van der Waals surface area contributed by atoms with Crippen molar-refractivity contribution in [1.82, 2.24) is 4.90 Å². The van der Waals surface area contributed by atoms with Crippen LogP contribution in [-0.2, 0) is 4.79 Å². The van der Waals surface area contributed by atoms with Gasteiger partial charge in [-0.05, 0) is 30.2 Å². The number of nitrogens with two attached hydrogens (primary N) is 1. The maximum absolute atomic E-state index is 12.0. The fourth-order valence-electron chi connectivity index (χ4n) is 2.04. The fraction of sp³-hybridized carbons (Fsp3) is 0.923. The number of hydrogen-bond donors (Lipinski definition) is 1. The lowest BCUT2D eigenvalue weighted by atomic mass is 9.90. The van der Waals surface area contributed by atoms with E-state index in [1.807, 2.05) is 4.90 Å². The maximum atomic E-state index is 12.0. The highest BCUT2D eigenvalue weighted by Crippen LogP contribution is 2.29. The van der Waals surface area contributed by atoms with E-state index in [0.29, 0.717) is 18.9 Å². The van der Waals surface area contributed by atoms with E-state index in [0.717, 1.165) is 25.9 Å². The van der Waals surface area contributed by atoms with Crippen LogP contribution in [0.15, 0.2) is 0 Å².